The maximum absolute atomic E-state index is 13.2. The average molecular weight is 398 g/mol. The van der Waals surface area contributed by atoms with Gasteiger partial charge in [-0.25, -0.2) is 4.98 Å². The second-order valence-corrected chi connectivity index (χ2v) is 9.08. The summed E-state index contributed by atoms with van der Waals surface area (Å²) in [6, 6.07) is 8.24. The molecule has 0 saturated carbocycles. The Bertz CT molecular complexity index is 829. The molecule has 28 heavy (non-hydrogen) atoms. The smallest absolute Gasteiger partial charge is 0.227 e. The van der Waals surface area contributed by atoms with E-state index in [1.807, 2.05) is 35.7 Å². The monoisotopic (exact) mass is 397 g/mol. The molecule has 2 fully saturated rings. The highest BCUT2D eigenvalue weighted by Gasteiger charge is 2.43. The topological polar surface area (TPSA) is 45.7 Å². The Morgan fingerprint density at radius 2 is 2.11 bits per heavy atom. The van der Waals surface area contributed by atoms with Gasteiger partial charge in [0.15, 0.2) is 0 Å². The van der Waals surface area contributed by atoms with Gasteiger partial charge in [0, 0.05) is 37.3 Å². The van der Waals surface area contributed by atoms with Crippen LogP contribution >= 0.6 is 11.3 Å². The van der Waals surface area contributed by atoms with E-state index < -0.39 is 0 Å². The summed E-state index contributed by atoms with van der Waals surface area (Å²) in [5.74, 6) is 1.38. The van der Waals surface area contributed by atoms with Gasteiger partial charge < -0.3 is 14.5 Å². The van der Waals surface area contributed by atoms with Crippen LogP contribution in [0.1, 0.15) is 36.1 Å². The minimum Gasteiger partial charge on any atom is -0.369 e. The molecule has 0 aliphatic carbocycles. The maximum atomic E-state index is 13.2. The Morgan fingerprint density at radius 3 is 2.93 bits per heavy atom. The summed E-state index contributed by atoms with van der Waals surface area (Å²) in [5.41, 5.74) is 1.31. The number of fused-ring (bicyclic) bond motifs is 2. The first-order valence-corrected chi connectivity index (χ1v) is 11.3. The predicted octanol–water partition coefficient (Wildman–Crippen LogP) is 3.45. The molecule has 1 atom stereocenters. The zero-order valence-corrected chi connectivity index (χ0v) is 17.0. The lowest BCUT2D eigenvalue weighted by Gasteiger charge is -2.45. The minimum absolute atomic E-state index is 0.0781. The van der Waals surface area contributed by atoms with Crippen molar-refractivity contribution in [1.82, 2.24) is 9.88 Å². The van der Waals surface area contributed by atoms with Crippen molar-refractivity contribution in [3.63, 3.8) is 0 Å². The van der Waals surface area contributed by atoms with Crippen LogP contribution in [0.2, 0.25) is 0 Å². The number of amides is 1. The fraction of sp³-hybridized carbons (Fsp3) is 0.545. The lowest BCUT2D eigenvalue weighted by molar-refractivity contribution is -0.144. The quantitative estimate of drug-likeness (QED) is 0.779. The van der Waals surface area contributed by atoms with E-state index in [1.165, 1.54) is 10.4 Å². The summed E-state index contributed by atoms with van der Waals surface area (Å²) in [5, 5.41) is 2.19. The largest absolute Gasteiger partial charge is 0.369 e. The van der Waals surface area contributed by atoms with E-state index in [0.717, 1.165) is 70.7 Å². The molecule has 3 aliphatic heterocycles. The second-order valence-electron chi connectivity index (χ2n) is 8.17. The molecule has 3 aliphatic rings. The number of nitrogens with zero attached hydrogens (tertiary/aromatic N) is 3. The van der Waals surface area contributed by atoms with Crippen LogP contribution in [0.25, 0.3) is 0 Å². The summed E-state index contributed by atoms with van der Waals surface area (Å²) >= 11 is 1.82. The molecule has 148 valence electrons. The number of hydrogen-bond acceptors (Lipinski definition) is 5. The van der Waals surface area contributed by atoms with Gasteiger partial charge >= 0.3 is 0 Å². The Hall–Kier alpha value is -1.92. The molecule has 2 aromatic rings. The fourth-order valence-electron chi connectivity index (χ4n) is 5.00. The highest BCUT2D eigenvalue weighted by molar-refractivity contribution is 7.10. The van der Waals surface area contributed by atoms with Gasteiger partial charge in [0.2, 0.25) is 5.91 Å². The number of likely N-dealkylation sites (tertiary alicyclic amines) is 1. The van der Waals surface area contributed by atoms with E-state index in [9.17, 15) is 4.79 Å². The molecule has 6 heteroatoms. The molecule has 1 spiro atoms. The van der Waals surface area contributed by atoms with E-state index >= 15 is 0 Å². The summed E-state index contributed by atoms with van der Waals surface area (Å²) < 4.78 is 6.30. The van der Waals surface area contributed by atoms with Crippen molar-refractivity contribution in [2.24, 2.45) is 5.92 Å². The molecule has 5 rings (SSSR count). The molecule has 2 saturated heterocycles. The number of pyridine rings is 1. The molecule has 0 aromatic carbocycles. The van der Waals surface area contributed by atoms with Crippen LogP contribution in [0.5, 0.6) is 0 Å². The van der Waals surface area contributed by atoms with Gasteiger partial charge in [0.25, 0.3) is 0 Å². The molecule has 5 nitrogen and oxygen atoms in total. The van der Waals surface area contributed by atoms with Crippen molar-refractivity contribution in [1.29, 1.82) is 0 Å². The first-order valence-electron chi connectivity index (χ1n) is 10.4. The minimum atomic E-state index is -0.148. The number of piperidine rings is 2. The number of carbonyl (C=O) groups is 1. The molecule has 0 bridgehead atoms. The van der Waals surface area contributed by atoms with Crippen LogP contribution in [0.4, 0.5) is 5.82 Å². The van der Waals surface area contributed by atoms with Gasteiger partial charge in [-0.1, -0.05) is 6.07 Å². The third-order valence-electron chi connectivity index (χ3n) is 6.54. The second kappa shape index (κ2) is 7.48. The van der Waals surface area contributed by atoms with Crippen molar-refractivity contribution < 1.29 is 9.53 Å². The van der Waals surface area contributed by atoms with Gasteiger partial charge in [-0.3, -0.25) is 4.79 Å². The van der Waals surface area contributed by atoms with Gasteiger partial charge in [-0.15, -0.1) is 11.3 Å². The van der Waals surface area contributed by atoms with E-state index in [0.29, 0.717) is 5.91 Å². The molecule has 5 heterocycles. The molecule has 0 radical (unpaired) electrons. The standard InChI is InChI=1S/C22H27N3O2S/c26-21(18-4-3-11-25(16-18)19-5-1-2-10-23-19)24-12-8-22(9-13-24)20-17(6-14-27-22)7-15-28-20/h1-2,5,7,10,15,18H,3-4,6,8-9,11-14,16H2. The van der Waals surface area contributed by atoms with Crippen LogP contribution in [0, 0.1) is 5.92 Å². The normalized spacial score (nSPS) is 24.2. The van der Waals surface area contributed by atoms with E-state index in [-0.39, 0.29) is 11.5 Å². The zero-order valence-electron chi connectivity index (χ0n) is 16.2. The summed E-state index contributed by atoms with van der Waals surface area (Å²) in [6.45, 7) is 4.17. The summed E-state index contributed by atoms with van der Waals surface area (Å²) in [6.07, 6.45) is 6.72. The van der Waals surface area contributed by atoms with Crippen LogP contribution in [0.3, 0.4) is 0 Å². The zero-order chi connectivity index (χ0) is 19.0. The highest BCUT2D eigenvalue weighted by Crippen LogP contribution is 2.44. The molecule has 1 unspecified atom stereocenters. The van der Waals surface area contributed by atoms with Crippen LogP contribution in [-0.2, 0) is 21.6 Å². The molecule has 1 amide bonds. The average Bonchev–Trinajstić information content (AvgIpc) is 3.25. The fourth-order valence-corrected chi connectivity index (χ4v) is 6.17. The first kappa shape index (κ1) is 18.1. The van der Waals surface area contributed by atoms with E-state index in [4.69, 9.17) is 4.74 Å². The summed E-state index contributed by atoms with van der Waals surface area (Å²) in [4.78, 5) is 23.5. The highest BCUT2D eigenvalue weighted by atomic mass is 32.1. The lowest BCUT2D eigenvalue weighted by atomic mass is 9.84. The van der Waals surface area contributed by atoms with Gasteiger partial charge in [0.1, 0.15) is 11.4 Å². The SMILES string of the molecule is O=C(C1CCCN(c2ccccn2)C1)N1CCC2(CC1)OCCc1ccsc12. The number of ether oxygens (including phenoxy) is 1. The van der Waals surface area contributed by atoms with Crippen LogP contribution in [-0.4, -0.2) is 48.6 Å². The van der Waals surface area contributed by atoms with Crippen LogP contribution in [0.15, 0.2) is 35.8 Å². The van der Waals surface area contributed by atoms with Gasteiger partial charge in [-0.05, 0) is 61.2 Å². The molecular weight excluding hydrogens is 370 g/mol. The maximum Gasteiger partial charge on any atom is 0.227 e. The van der Waals surface area contributed by atoms with Crippen molar-refractivity contribution in [2.75, 3.05) is 37.7 Å². The Morgan fingerprint density at radius 1 is 1.21 bits per heavy atom. The van der Waals surface area contributed by atoms with Crippen molar-refractivity contribution in [3.8, 4) is 0 Å². The van der Waals surface area contributed by atoms with Crippen molar-refractivity contribution in [2.45, 2.75) is 37.7 Å². The molecule has 2 aromatic heterocycles. The first-order chi connectivity index (χ1) is 13.8. The number of carbonyl (C=O) groups excluding carboxylic acids is 1. The van der Waals surface area contributed by atoms with E-state index in [1.54, 1.807) is 0 Å². The number of thiophene rings is 1. The molecular formula is C22H27N3O2S. The van der Waals surface area contributed by atoms with Gasteiger partial charge in [-0.2, -0.15) is 0 Å². The predicted molar refractivity (Wildman–Crippen MR) is 111 cm³/mol. The number of hydrogen-bond donors (Lipinski definition) is 0. The Balaban J connectivity index is 1.24. The summed E-state index contributed by atoms with van der Waals surface area (Å²) in [7, 11) is 0. The lowest BCUT2D eigenvalue weighted by Crippen LogP contribution is -2.51. The Labute approximate surface area is 170 Å². The Kier molecular flexibility index (Phi) is 4.85. The van der Waals surface area contributed by atoms with Crippen LogP contribution < -0.4 is 4.90 Å². The number of rotatable bonds is 2. The third-order valence-corrected chi connectivity index (χ3v) is 7.68. The van der Waals surface area contributed by atoms with E-state index in [2.05, 4.69) is 26.2 Å². The number of anilines is 1. The van der Waals surface area contributed by atoms with Crippen molar-refractivity contribution in [3.05, 3.63) is 46.3 Å². The van der Waals surface area contributed by atoms with Crippen molar-refractivity contribution >= 4 is 23.1 Å². The van der Waals surface area contributed by atoms with Gasteiger partial charge in [0.05, 0.1) is 12.5 Å². The molecule has 0 N–H and O–H groups in total. The third kappa shape index (κ3) is 3.22. The number of aromatic nitrogens is 1.